The van der Waals surface area contributed by atoms with E-state index in [1.807, 2.05) is 24.3 Å². The van der Waals surface area contributed by atoms with E-state index < -0.39 is 0 Å². The molecule has 1 N–H and O–H groups in total. The molecule has 1 aliphatic rings. The molecule has 1 aliphatic heterocycles. The van der Waals surface area contributed by atoms with Gasteiger partial charge in [0.15, 0.2) is 23.1 Å². The average molecular weight is 256 g/mol. The molecule has 0 aliphatic carbocycles. The maximum absolute atomic E-state index is 5.66. The van der Waals surface area contributed by atoms with Crippen molar-refractivity contribution < 1.29 is 13.9 Å². The fourth-order valence-electron chi connectivity index (χ4n) is 2.20. The van der Waals surface area contributed by atoms with Crippen molar-refractivity contribution in [3.05, 3.63) is 30.5 Å². The van der Waals surface area contributed by atoms with Crippen LogP contribution in [0.15, 0.2) is 34.9 Å². The summed E-state index contributed by atoms with van der Waals surface area (Å²) in [5.74, 6) is 2.94. The van der Waals surface area contributed by atoms with E-state index in [2.05, 4.69) is 9.97 Å². The molecule has 5 nitrogen and oxygen atoms in total. The van der Waals surface area contributed by atoms with Crippen molar-refractivity contribution in [3.8, 4) is 23.1 Å². The molecule has 0 amide bonds. The summed E-state index contributed by atoms with van der Waals surface area (Å²) in [6.45, 7) is 1.35. The number of hydrogen-bond acceptors (Lipinski definition) is 4. The third kappa shape index (κ3) is 1.74. The van der Waals surface area contributed by atoms with Crippen molar-refractivity contribution in [1.29, 1.82) is 0 Å². The summed E-state index contributed by atoms with van der Waals surface area (Å²) >= 11 is 0. The highest BCUT2D eigenvalue weighted by atomic mass is 16.5. The van der Waals surface area contributed by atoms with E-state index in [4.69, 9.17) is 13.9 Å². The molecule has 5 heteroatoms. The Labute approximate surface area is 109 Å². The van der Waals surface area contributed by atoms with Crippen LogP contribution in [0.5, 0.6) is 11.5 Å². The number of imidazole rings is 1. The molecule has 2 aromatic heterocycles. The molecule has 3 aromatic rings. The normalized spacial score (nSPS) is 14.5. The van der Waals surface area contributed by atoms with Crippen molar-refractivity contribution in [2.75, 3.05) is 13.2 Å². The lowest BCUT2D eigenvalue weighted by molar-refractivity contribution is 0.297. The number of furan rings is 1. The van der Waals surface area contributed by atoms with E-state index in [0.717, 1.165) is 29.0 Å². The van der Waals surface area contributed by atoms with Gasteiger partial charge in [-0.25, -0.2) is 4.98 Å². The molecule has 3 heterocycles. The van der Waals surface area contributed by atoms with Crippen LogP contribution in [-0.2, 0) is 0 Å². The topological polar surface area (TPSA) is 60.3 Å². The lowest BCUT2D eigenvalue weighted by Crippen LogP contribution is -1.97. The van der Waals surface area contributed by atoms with Gasteiger partial charge in [-0.05, 0) is 12.1 Å². The first-order chi connectivity index (χ1) is 9.40. The van der Waals surface area contributed by atoms with Crippen LogP contribution in [0, 0.1) is 0 Å². The Morgan fingerprint density at radius 3 is 2.74 bits per heavy atom. The van der Waals surface area contributed by atoms with Crippen molar-refractivity contribution in [2.24, 2.45) is 0 Å². The van der Waals surface area contributed by atoms with Crippen LogP contribution in [-0.4, -0.2) is 23.2 Å². The van der Waals surface area contributed by atoms with E-state index in [1.54, 1.807) is 6.26 Å². The highest BCUT2D eigenvalue weighted by Crippen LogP contribution is 2.34. The van der Waals surface area contributed by atoms with E-state index in [9.17, 15) is 0 Å². The standard InChI is InChI=1S/C14H12N2O3/c1-3-11(17-4-1)14-15-9-7-12-13(8-10(9)16-14)19-6-2-5-18-12/h1,3-4,7-8H,2,5-6H2,(H,15,16). The highest BCUT2D eigenvalue weighted by Gasteiger charge is 2.15. The van der Waals surface area contributed by atoms with Crippen LogP contribution in [0.2, 0.25) is 0 Å². The van der Waals surface area contributed by atoms with Gasteiger partial charge in [-0.1, -0.05) is 0 Å². The highest BCUT2D eigenvalue weighted by molar-refractivity contribution is 5.82. The SMILES string of the molecule is c1coc(-c2nc3cc4c(cc3[nH]2)OCCCO4)c1. The Morgan fingerprint density at radius 1 is 1.11 bits per heavy atom. The Bertz CT molecular complexity index is 673. The third-order valence-electron chi connectivity index (χ3n) is 3.11. The largest absolute Gasteiger partial charge is 0.489 e. The van der Waals surface area contributed by atoms with Gasteiger partial charge in [0.05, 0.1) is 30.5 Å². The molecule has 96 valence electrons. The summed E-state index contributed by atoms with van der Waals surface area (Å²) in [5, 5.41) is 0. The van der Waals surface area contributed by atoms with Crippen molar-refractivity contribution >= 4 is 11.0 Å². The summed E-state index contributed by atoms with van der Waals surface area (Å²) in [6.07, 6.45) is 2.53. The molecular formula is C14H12N2O3. The third-order valence-corrected chi connectivity index (χ3v) is 3.11. The van der Waals surface area contributed by atoms with E-state index in [0.29, 0.717) is 24.8 Å². The molecule has 0 spiro atoms. The van der Waals surface area contributed by atoms with Crippen molar-refractivity contribution in [2.45, 2.75) is 6.42 Å². The lowest BCUT2D eigenvalue weighted by atomic mass is 10.3. The number of H-pyrrole nitrogens is 1. The molecule has 0 saturated heterocycles. The molecule has 0 saturated carbocycles. The van der Waals surface area contributed by atoms with Crippen molar-refractivity contribution in [3.63, 3.8) is 0 Å². The number of rotatable bonds is 1. The average Bonchev–Trinajstić information content (AvgIpc) is 3.01. The summed E-state index contributed by atoms with van der Waals surface area (Å²) in [5.41, 5.74) is 1.76. The van der Waals surface area contributed by atoms with Gasteiger partial charge in [0.2, 0.25) is 0 Å². The minimum atomic E-state index is 0.675. The maximum atomic E-state index is 5.66. The van der Waals surface area contributed by atoms with Crippen LogP contribution < -0.4 is 9.47 Å². The number of aromatic amines is 1. The van der Waals surface area contributed by atoms with Crippen LogP contribution >= 0.6 is 0 Å². The Hall–Kier alpha value is -2.43. The molecule has 19 heavy (non-hydrogen) atoms. The number of ether oxygens (including phenoxy) is 2. The first-order valence-electron chi connectivity index (χ1n) is 6.23. The first-order valence-corrected chi connectivity index (χ1v) is 6.23. The van der Waals surface area contributed by atoms with Crippen molar-refractivity contribution in [1.82, 2.24) is 9.97 Å². The van der Waals surface area contributed by atoms with Crippen LogP contribution in [0.1, 0.15) is 6.42 Å². The second kappa shape index (κ2) is 4.05. The van der Waals surface area contributed by atoms with E-state index in [1.165, 1.54) is 0 Å². The number of nitrogens with one attached hydrogen (secondary N) is 1. The summed E-state index contributed by atoms with van der Waals surface area (Å²) in [4.78, 5) is 7.74. The van der Waals surface area contributed by atoms with Crippen LogP contribution in [0.3, 0.4) is 0 Å². The van der Waals surface area contributed by atoms with E-state index in [-0.39, 0.29) is 0 Å². The molecule has 1 aromatic carbocycles. The second-order valence-corrected chi connectivity index (χ2v) is 4.43. The minimum Gasteiger partial charge on any atom is -0.489 e. The van der Waals surface area contributed by atoms with Gasteiger partial charge >= 0.3 is 0 Å². The number of benzene rings is 1. The Morgan fingerprint density at radius 2 is 1.95 bits per heavy atom. The van der Waals surface area contributed by atoms with Gasteiger partial charge < -0.3 is 18.9 Å². The number of hydrogen-bond donors (Lipinski definition) is 1. The molecule has 0 atom stereocenters. The van der Waals surface area contributed by atoms with Gasteiger partial charge in [0.25, 0.3) is 0 Å². The predicted octanol–water partition coefficient (Wildman–Crippen LogP) is 2.98. The van der Waals surface area contributed by atoms with Gasteiger partial charge in [-0.15, -0.1) is 0 Å². The number of nitrogens with zero attached hydrogens (tertiary/aromatic N) is 1. The zero-order valence-electron chi connectivity index (χ0n) is 10.2. The quantitative estimate of drug-likeness (QED) is 0.727. The van der Waals surface area contributed by atoms with Gasteiger partial charge in [0, 0.05) is 18.6 Å². The molecule has 0 fully saturated rings. The molecule has 0 unspecified atom stereocenters. The van der Waals surface area contributed by atoms with Gasteiger partial charge in [-0.2, -0.15) is 0 Å². The predicted molar refractivity (Wildman–Crippen MR) is 69.4 cm³/mol. The summed E-state index contributed by atoms with van der Waals surface area (Å²) < 4.78 is 16.7. The Balaban J connectivity index is 1.86. The smallest absolute Gasteiger partial charge is 0.174 e. The second-order valence-electron chi connectivity index (χ2n) is 4.43. The fourth-order valence-corrected chi connectivity index (χ4v) is 2.20. The monoisotopic (exact) mass is 256 g/mol. The molecule has 0 radical (unpaired) electrons. The Kier molecular flexibility index (Phi) is 2.24. The summed E-state index contributed by atoms with van der Waals surface area (Å²) in [7, 11) is 0. The molecular weight excluding hydrogens is 244 g/mol. The fraction of sp³-hybridized carbons (Fsp3) is 0.214. The van der Waals surface area contributed by atoms with E-state index >= 15 is 0 Å². The number of fused-ring (bicyclic) bond motifs is 2. The van der Waals surface area contributed by atoms with Gasteiger partial charge in [-0.3, -0.25) is 0 Å². The summed E-state index contributed by atoms with van der Waals surface area (Å²) in [6, 6.07) is 7.54. The van der Waals surface area contributed by atoms with Gasteiger partial charge in [0.1, 0.15) is 0 Å². The minimum absolute atomic E-state index is 0.675. The molecule has 4 rings (SSSR count). The van der Waals surface area contributed by atoms with Crippen LogP contribution in [0.4, 0.5) is 0 Å². The first kappa shape index (κ1) is 10.5. The maximum Gasteiger partial charge on any atom is 0.174 e. The molecule has 0 bridgehead atoms. The zero-order chi connectivity index (χ0) is 12.7. The lowest BCUT2D eigenvalue weighted by Gasteiger charge is -2.05. The zero-order valence-corrected chi connectivity index (χ0v) is 10.2. The van der Waals surface area contributed by atoms with Crippen LogP contribution in [0.25, 0.3) is 22.6 Å². The number of aromatic nitrogens is 2.